The summed E-state index contributed by atoms with van der Waals surface area (Å²) in [4.78, 5) is 0. The Kier molecular flexibility index (Phi) is 4.39. The second kappa shape index (κ2) is 5.88. The molecule has 0 spiro atoms. The third kappa shape index (κ3) is 2.83. The van der Waals surface area contributed by atoms with Crippen LogP contribution in [0.25, 0.3) is 0 Å². The van der Waals surface area contributed by atoms with E-state index < -0.39 is 0 Å². The lowest BCUT2D eigenvalue weighted by atomic mass is 10.1. The molecule has 1 atom stereocenters. The smallest absolute Gasteiger partial charge is 0.0649 e. The van der Waals surface area contributed by atoms with Gasteiger partial charge in [0.25, 0.3) is 0 Å². The van der Waals surface area contributed by atoms with E-state index in [9.17, 15) is 0 Å². The summed E-state index contributed by atoms with van der Waals surface area (Å²) in [6, 6.07) is 6.20. The zero-order chi connectivity index (χ0) is 14.9. The van der Waals surface area contributed by atoms with Crippen molar-refractivity contribution in [1.82, 2.24) is 9.78 Å². The second-order valence-corrected chi connectivity index (χ2v) is 5.66. The first-order chi connectivity index (χ1) is 9.43. The SMILES string of the molecule is CCn1nc(C)c(C(C)Nc2cc(C)ccc2Cl)c1C. The van der Waals surface area contributed by atoms with Crippen LogP contribution in [-0.4, -0.2) is 9.78 Å². The van der Waals surface area contributed by atoms with Gasteiger partial charge in [0.15, 0.2) is 0 Å². The molecule has 0 saturated heterocycles. The van der Waals surface area contributed by atoms with E-state index >= 15 is 0 Å². The van der Waals surface area contributed by atoms with Crippen LogP contribution in [0.3, 0.4) is 0 Å². The van der Waals surface area contributed by atoms with Gasteiger partial charge in [-0.15, -0.1) is 0 Å². The summed E-state index contributed by atoms with van der Waals surface area (Å²) >= 11 is 6.26. The summed E-state index contributed by atoms with van der Waals surface area (Å²) in [7, 11) is 0. The molecule has 0 saturated carbocycles. The van der Waals surface area contributed by atoms with Gasteiger partial charge in [-0.25, -0.2) is 0 Å². The summed E-state index contributed by atoms with van der Waals surface area (Å²) in [5.41, 5.74) is 5.72. The highest BCUT2D eigenvalue weighted by molar-refractivity contribution is 6.33. The van der Waals surface area contributed by atoms with Crippen molar-refractivity contribution in [3.05, 3.63) is 45.7 Å². The van der Waals surface area contributed by atoms with E-state index in [1.54, 1.807) is 0 Å². The van der Waals surface area contributed by atoms with Gasteiger partial charge in [0.2, 0.25) is 0 Å². The van der Waals surface area contributed by atoms with Gasteiger partial charge < -0.3 is 5.32 Å². The molecule has 1 heterocycles. The van der Waals surface area contributed by atoms with E-state index in [1.807, 2.05) is 16.8 Å². The van der Waals surface area contributed by atoms with Crippen molar-refractivity contribution >= 4 is 17.3 Å². The fourth-order valence-corrected chi connectivity index (χ4v) is 2.87. The predicted molar refractivity (Wildman–Crippen MR) is 85.6 cm³/mol. The van der Waals surface area contributed by atoms with E-state index in [1.165, 1.54) is 16.8 Å². The van der Waals surface area contributed by atoms with Gasteiger partial charge in [-0.2, -0.15) is 5.10 Å². The normalized spacial score (nSPS) is 12.5. The first-order valence-corrected chi connectivity index (χ1v) is 7.38. The van der Waals surface area contributed by atoms with Gasteiger partial charge in [0.1, 0.15) is 0 Å². The average Bonchev–Trinajstić information content (AvgIpc) is 2.68. The topological polar surface area (TPSA) is 29.9 Å². The fourth-order valence-electron chi connectivity index (χ4n) is 2.70. The Labute approximate surface area is 126 Å². The predicted octanol–water partition coefficient (Wildman–Crippen LogP) is 4.65. The lowest BCUT2D eigenvalue weighted by molar-refractivity contribution is 0.632. The van der Waals surface area contributed by atoms with Gasteiger partial charge in [-0.05, 0) is 52.3 Å². The van der Waals surface area contributed by atoms with Crippen molar-refractivity contribution in [2.24, 2.45) is 0 Å². The monoisotopic (exact) mass is 291 g/mol. The van der Waals surface area contributed by atoms with Crippen molar-refractivity contribution < 1.29 is 0 Å². The number of anilines is 1. The summed E-state index contributed by atoms with van der Waals surface area (Å²) in [6.45, 7) is 11.4. The molecule has 1 aromatic heterocycles. The lowest BCUT2D eigenvalue weighted by Gasteiger charge is -2.18. The number of benzene rings is 1. The minimum absolute atomic E-state index is 0.176. The molecule has 1 unspecified atom stereocenters. The van der Waals surface area contributed by atoms with Crippen molar-refractivity contribution in [3.63, 3.8) is 0 Å². The third-order valence-corrected chi connectivity index (χ3v) is 3.99. The van der Waals surface area contributed by atoms with Crippen LogP contribution in [0.2, 0.25) is 5.02 Å². The number of rotatable bonds is 4. The number of halogens is 1. The summed E-state index contributed by atoms with van der Waals surface area (Å²) in [6.07, 6.45) is 0. The van der Waals surface area contributed by atoms with Crippen LogP contribution in [0.1, 0.15) is 42.4 Å². The Hall–Kier alpha value is -1.48. The van der Waals surface area contributed by atoms with Crippen molar-refractivity contribution in [2.75, 3.05) is 5.32 Å². The molecule has 0 aliphatic rings. The van der Waals surface area contributed by atoms with Crippen molar-refractivity contribution in [1.29, 1.82) is 0 Å². The Morgan fingerprint density at radius 1 is 1.30 bits per heavy atom. The number of aryl methyl sites for hydroxylation is 3. The summed E-state index contributed by atoms with van der Waals surface area (Å²) < 4.78 is 2.04. The molecule has 2 aromatic rings. The number of nitrogens with zero attached hydrogens (tertiary/aromatic N) is 2. The van der Waals surface area contributed by atoms with Crippen LogP contribution in [0.4, 0.5) is 5.69 Å². The highest BCUT2D eigenvalue weighted by Crippen LogP contribution is 2.29. The summed E-state index contributed by atoms with van der Waals surface area (Å²) in [5.74, 6) is 0. The highest BCUT2D eigenvalue weighted by Gasteiger charge is 2.17. The maximum absolute atomic E-state index is 6.26. The Bertz CT molecular complexity index is 616. The Balaban J connectivity index is 2.30. The maximum atomic E-state index is 6.26. The molecule has 108 valence electrons. The zero-order valence-corrected chi connectivity index (χ0v) is 13.5. The van der Waals surface area contributed by atoms with E-state index in [2.05, 4.69) is 51.1 Å². The van der Waals surface area contributed by atoms with E-state index in [0.717, 1.165) is 22.9 Å². The molecule has 1 N–H and O–H groups in total. The molecule has 0 radical (unpaired) electrons. The standard InChI is InChI=1S/C16H22ClN3/c1-6-20-13(5)16(12(4)19-20)11(3)18-15-9-10(2)7-8-14(15)17/h7-9,11,18H,6H2,1-5H3. The molecular formula is C16H22ClN3. The number of hydrogen-bond donors (Lipinski definition) is 1. The molecule has 0 aliphatic heterocycles. The van der Waals surface area contributed by atoms with Gasteiger partial charge in [0.05, 0.1) is 22.4 Å². The molecule has 0 fully saturated rings. The van der Waals surface area contributed by atoms with Crippen LogP contribution in [0.15, 0.2) is 18.2 Å². The van der Waals surface area contributed by atoms with Crippen molar-refractivity contribution in [2.45, 2.75) is 47.2 Å². The Morgan fingerprint density at radius 2 is 2.00 bits per heavy atom. The van der Waals surface area contributed by atoms with Gasteiger partial charge in [0, 0.05) is 17.8 Å². The summed E-state index contributed by atoms with van der Waals surface area (Å²) in [5, 5.41) is 8.83. The van der Waals surface area contributed by atoms with Crippen LogP contribution in [-0.2, 0) is 6.54 Å². The van der Waals surface area contributed by atoms with Gasteiger partial charge >= 0.3 is 0 Å². The van der Waals surface area contributed by atoms with Crippen LogP contribution >= 0.6 is 11.6 Å². The average molecular weight is 292 g/mol. The first-order valence-electron chi connectivity index (χ1n) is 7.00. The van der Waals surface area contributed by atoms with E-state index in [4.69, 9.17) is 11.6 Å². The van der Waals surface area contributed by atoms with Crippen LogP contribution in [0.5, 0.6) is 0 Å². The van der Waals surface area contributed by atoms with Crippen LogP contribution < -0.4 is 5.32 Å². The molecule has 3 nitrogen and oxygen atoms in total. The largest absolute Gasteiger partial charge is 0.377 e. The zero-order valence-electron chi connectivity index (χ0n) is 12.8. The maximum Gasteiger partial charge on any atom is 0.0649 e. The number of hydrogen-bond acceptors (Lipinski definition) is 2. The quantitative estimate of drug-likeness (QED) is 0.888. The van der Waals surface area contributed by atoms with Crippen LogP contribution in [0, 0.1) is 20.8 Å². The first kappa shape index (κ1) is 14.9. The Morgan fingerprint density at radius 3 is 2.60 bits per heavy atom. The second-order valence-electron chi connectivity index (χ2n) is 5.25. The molecular weight excluding hydrogens is 270 g/mol. The molecule has 0 aliphatic carbocycles. The number of nitrogens with one attached hydrogen (secondary N) is 1. The molecule has 1 aromatic carbocycles. The fraction of sp³-hybridized carbons (Fsp3) is 0.438. The van der Waals surface area contributed by atoms with Crippen molar-refractivity contribution in [3.8, 4) is 0 Å². The highest BCUT2D eigenvalue weighted by atomic mass is 35.5. The molecule has 4 heteroatoms. The molecule has 20 heavy (non-hydrogen) atoms. The third-order valence-electron chi connectivity index (χ3n) is 3.66. The molecule has 2 rings (SSSR count). The number of aromatic nitrogens is 2. The molecule has 0 amide bonds. The molecule has 0 bridgehead atoms. The minimum atomic E-state index is 0.176. The van der Waals surface area contributed by atoms with Gasteiger partial charge in [-0.3, -0.25) is 4.68 Å². The van der Waals surface area contributed by atoms with E-state index in [-0.39, 0.29) is 6.04 Å². The van der Waals surface area contributed by atoms with E-state index in [0.29, 0.717) is 0 Å². The van der Waals surface area contributed by atoms with Gasteiger partial charge in [-0.1, -0.05) is 17.7 Å². The lowest BCUT2D eigenvalue weighted by Crippen LogP contribution is -2.09. The minimum Gasteiger partial charge on any atom is -0.377 e.